The maximum absolute atomic E-state index is 12.2. The van der Waals surface area contributed by atoms with E-state index in [4.69, 9.17) is 11.1 Å². The number of carbonyl (C=O) groups excluding carboxylic acids is 4. The minimum absolute atomic E-state index is 0.218. The average Bonchev–Trinajstić information content (AvgIpc) is 2.65. The SMILES string of the molecule is COC(=O)CC(CC(=O)OC)NC(=O)CNC(=O)c1cccc(NC(=N)N)c1. The summed E-state index contributed by atoms with van der Waals surface area (Å²) in [6, 6.07) is 5.37. The molecule has 152 valence electrons. The van der Waals surface area contributed by atoms with Gasteiger partial charge in [0.25, 0.3) is 5.91 Å². The van der Waals surface area contributed by atoms with Gasteiger partial charge in [-0.2, -0.15) is 0 Å². The molecular formula is C17H23N5O6. The molecule has 0 fully saturated rings. The first-order chi connectivity index (χ1) is 13.2. The molecule has 11 heteroatoms. The van der Waals surface area contributed by atoms with Gasteiger partial charge >= 0.3 is 11.9 Å². The highest BCUT2D eigenvalue weighted by Gasteiger charge is 2.21. The Labute approximate surface area is 161 Å². The number of hydrogen-bond donors (Lipinski definition) is 5. The Kier molecular flexibility index (Phi) is 8.93. The third-order valence-corrected chi connectivity index (χ3v) is 3.46. The number of benzene rings is 1. The maximum Gasteiger partial charge on any atom is 0.307 e. The number of guanidine groups is 1. The Morgan fingerprint density at radius 2 is 1.71 bits per heavy atom. The van der Waals surface area contributed by atoms with Gasteiger partial charge in [0.05, 0.1) is 33.6 Å². The second-order valence-corrected chi connectivity index (χ2v) is 5.63. The molecule has 6 N–H and O–H groups in total. The first kappa shape index (κ1) is 22.4. The van der Waals surface area contributed by atoms with Crippen molar-refractivity contribution in [1.82, 2.24) is 10.6 Å². The molecule has 0 spiro atoms. The quantitative estimate of drug-likeness (QED) is 0.209. The van der Waals surface area contributed by atoms with Gasteiger partial charge in [0.1, 0.15) is 0 Å². The topological polar surface area (TPSA) is 173 Å². The molecule has 0 heterocycles. The number of hydrogen-bond acceptors (Lipinski definition) is 7. The minimum atomic E-state index is -0.826. The lowest BCUT2D eigenvalue weighted by Gasteiger charge is -2.17. The number of nitrogens with two attached hydrogens (primary N) is 1. The number of methoxy groups -OCH3 is 2. The van der Waals surface area contributed by atoms with Crippen molar-refractivity contribution in [3.8, 4) is 0 Å². The van der Waals surface area contributed by atoms with Crippen LogP contribution in [0.1, 0.15) is 23.2 Å². The van der Waals surface area contributed by atoms with Crippen molar-refractivity contribution >= 4 is 35.4 Å². The van der Waals surface area contributed by atoms with E-state index in [0.717, 1.165) is 0 Å². The largest absolute Gasteiger partial charge is 0.469 e. The number of carbonyl (C=O) groups is 4. The van der Waals surface area contributed by atoms with Crippen molar-refractivity contribution < 1.29 is 28.7 Å². The van der Waals surface area contributed by atoms with Gasteiger partial charge in [0.2, 0.25) is 5.91 Å². The lowest BCUT2D eigenvalue weighted by atomic mass is 10.1. The molecule has 0 bridgehead atoms. The van der Waals surface area contributed by atoms with Crippen LogP contribution in [0, 0.1) is 5.41 Å². The van der Waals surface area contributed by atoms with Crippen LogP contribution in [0.3, 0.4) is 0 Å². The van der Waals surface area contributed by atoms with Gasteiger partial charge in [0, 0.05) is 17.3 Å². The molecule has 0 aliphatic rings. The third kappa shape index (κ3) is 8.17. The molecule has 0 unspecified atom stereocenters. The number of ether oxygens (including phenoxy) is 2. The Balaban J connectivity index is 2.63. The molecule has 1 aromatic carbocycles. The summed E-state index contributed by atoms with van der Waals surface area (Å²) in [7, 11) is 2.38. The van der Waals surface area contributed by atoms with Crippen LogP contribution < -0.4 is 21.7 Å². The van der Waals surface area contributed by atoms with E-state index in [9.17, 15) is 19.2 Å². The van der Waals surface area contributed by atoms with Gasteiger partial charge in [0.15, 0.2) is 5.96 Å². The smallest absolute Gasteiger partial charge is 0.307 e. The van der Waals surface area contributed by atoms with Crippen molar-refractivity contribution in [3.63, 3.8) is 0 Å². The highest BCUT2D eigenvalue weighted by molar-refractivity contribution is 5.98. The zero-order chi connectivity index (χ0) is 21.1. The Morgan fingerprint density at radius 1 is 1.11 bits per heavy atom. The molecule has 11 nitrogen and oxygen atoms in total. The van der Waals surface area contributed by atoms with Crippen molar-refractivity contribution in [3.05, 3.63) is 29.8 Å². The fourth-order valence-electron chi connectivity index (χ4n) is 2.18. The molecule has 2 amide bonds. The van der Waals surface area contributed by atoms with Crippen LogP contribution in [0.15, 0.2) is 24.3 Å². The summed E-state index contributed by atoms with van der Waals surface area (Å²) >= 11 is 0. The summed E-state index contributed by atoms with van der Waals surface area (Å²) in [6.45, 7) is -0.373. The van der Waals surface area contributed by atoms with Gasteiger partial charge in [-0.15, -0.1) is 0 Å². The molecule has 0 aliphatic heterocycles. The molecule has 0 saturated heterocycles. The molecule has 0 aliphatic carbocycles. The second kappa shape index (κ2) is 11.2. The summed E-state index contributed by atoms with van der Waals surface area (Å²) in [4.78, 5) is 47.0. The normalized spacial score (nSPS) is 9.96. The van der Waals surface area contributed by atoms with Crippen LogP contribution in [0.2, 0.25) is 0 Å². The zero-order valence-electron chi connectivity index (χ0n) is 15.5. The summed E-state index contributed by atoms with van der Waals surface area (Å²) < 4.78 is 9.06. The molecule has 1 aromatic rings. The monoisotopic (exact) mass is 393 g/mol. The fourth-order valence-corrected chi connectivity index (χ4v) is 2.18. The number of esters is 2. The number of anilines is 1. The van der Waals surface area contributed by atoms with E-state index in [2.05, 4.69) is 25.4 Å². The van der Waals surface area contributed by atoms with E-state index in [1.807, 2.05) is 0 Å². The molecule has 0 aromatic heterocycles. The van der Waals surface area contributed by atoms with Crippen molar-refractivity contribution in [2.45, 2.75) is 18.9 Å². The van der Waals surface area contributed by atoms with Gasteiger partial charge in [-0.25, -0.2) is 0 Å². The minimum Gasteiger partial charge on any atom is -0.469 e. The first-order valence-electron chi connectivity index (χ1n) is 8.17. The lowest BCUT2D eigenvalue weighted by Crippen LogP contribution is -2.44. The summed E-state index contributed by atoms with van der Waals surface area (Å²) in [5, 5.41) is 14.6. The van der Waals surface area contributed by atoms with Gasteiger partial charge in [-0.1, -0.05) is 6.07 Å². The van der Waals surface area contributed by atoms with E-state index in [0.29, 0.717) is 5.69 Å². The van der Waals surface area contributed by atoms with E-state index in [-0.39, 0.29) is 30.9 Å². The zero-order valence-corrected chi connectivity index (χ0v) is 15.5. The predicted molar refractivity (Wildman–Crippen MR) is 99.5 cm³/mol. The van der Waals surface area contributed by atoms with Crippen molar-refractivity contribution in [2.75, 3.05) is 26.1 Å². The van der Waals surface area contributed by atoms with Crippen LogP contribution in [-0.2, 0) is 23.9 Å². The van der Waals surface area contributed by atoms with Gasteiger partial charge in [-0.05, 0) is 18.2 Å². The molecule has 1 rings (SSSR count). The number of nitrogens with one attached hydrogen (secondary N) is 4. The van der Waals surface area contributed by atoms with Crippen LogP contribution in [0.5, 0.6) is 0 Å². The van der Waals surface area contributed by atoms with Crippen LogP contribution >= 0.6 is 0 Å². The van der Waals surface area contributed by atoms with Gasteiger partial charge in [-0.3, -0.25) is 24.6 Å². The fraction of sp³-hybridized carbons (Fsp3) is 0.353. The summed E-state index contributed by atoms with van der Waals surface area (Å²) in [6.07, 6.45) is -0.436. The maximum atomic E-state index is 12.2. The summed E-state index contributed by atoms with van der Waals surface area (Å²) in [5.74, 6) is -2.61. The van der Waals surface area contributed by atoms with Crippen molar-refractivity contribution in [2.24, 2.45) is 5.73 Å². The molecular weight excluding hydrogens is 370 g/mol. The summed E-state index contributed by atoms with van der Waals surface area (Å²) in [5.41, 5.74) is 5.93. The van der Waals surface area contributed by atoms with E-state index in [1.54, 1.807) is 12.1 Å². The lowest BCUT2D eigenvalue weighted by molar-refractivity contribution is -0.143. The predicted octanol–water partition coefficient (Wildman–Crippen LogP) is -0.667. The average molecular weight is 393 g/mol. The van der Waals surface area contributed by atoms with Crippen molar-refractivity contribution in [1.29, 1.82) is 5.41 Å². The van der Waals surface area contributed by atoms with Crippen LogP contribution in [0.4, 0.5) is 5.69 Å². The van der Waals surface area contributed by atoms with Gasteiger partial charge < -0.3 is 31.2 Å². The van der Waals surface area contributed by atoms with E-state index < -0.39 is 29.8 Å². The highest BCUT2D eigenvalue weighted by atomic mass is 16.5. The van der Waals surface area contributed by atoms with Crippen LogP contribution in [0.25, 0.3) is 0 Å². The molecule has 0 atom stereocenters. The number of amides is 2. The second-order valence-electron chi connectivity index (χ2n) is 5.63. The standard InChI is InChI=1S/C17H23N5O6/c1-27-14(24)7-12(8-15(25)28-2)21-13(23)9-20-16(26)10-4-3-5-11(6-10)22-17(18)19/h3-6,12H,7-9H2,1-2H3,(H,20,26)(H,21,23)(H4,18,19,22). The Bertz CT molecular complexity index is 733. The van der Waals surface area contributed by atoms with E-state index >= 15 is 0 Å². The Hall–Kier alpha value is -3.63. The Morgan fingerprint density at radius 3 is 2.25 bits per heavy atom. The highest BCUT2D eigenvalue weighted by Crippen LogP contribution is 2.10. The number of rotatable bonds is 9. The molecule has 0 saturated carbocycles. The van der Waals surface area contributed by atoms with Crippen LogP contribution in [-0.4, -0.2) is 56.5 Å². The third-order valence-electron chi connectivity index (χ3n) is 3.46. The molecule has 0 radical (unpaired) electrons. The first-order valence-corrected chi connectivity index (χ1v) is 8.17. The molecule has 28 heavy (non-hydrogen) atoms. The van der Waals surface area contributed by atoms with E-state index in [1.165, 1.54) is 26.4 Å².